The average Bonchev–Trinajstić information content (AvgIpc) is 2.81. The van der Waals surface area contributed by atoms with Crippen LogP contribution in [0.5, 0.6) is 5.75 Å². The zero-order valence-corrected chi connectivity index (χ0v) is 11.6. The number of benzene rings is 1. The molecule has 1 N–H and O–H groups in total. The lowest BCUT2D eigenvalue weighted by Gasteiger charge is -2.11. The Morgan fingerprint density at radius 1 is 1.40 bits per heavy atom. The molecular weight excluding hydrogens is 276 g/mol. The van der Waals surface area contributed by atoms with E-state index in [2.05, 4.69) is 10.3 Å². The first kappa shape index (κ1) is 12.9. The topological polar surface area (TPSA) is 51.2 Å². The van der Waals surface area contributed by atoms with Gasteiger partial charge in [-0.1, -0.05) is 11.6 Å². The lowest BCUT2D eigenvalue weighted by atomic mass is 10.1. The molecule has 4 nitrogen and oxygen atoms in total. The van der Waals surface area contributed by atoms with Gasteiger partial charge in [0.15, 0.2) is 6.10 Å². The van der Waals surface area contributed by atoms with Crippen molar-refractivity contribution >= 4 is 23.3 Å². The zero-order chi connectivity index (χ0) is 14.1. The van der Waals surface area contributed by atoms with Gasteiger partial charge in [0.25, 0.3) is 5.91 Å². The Labute approximate surface area is 121 Å². The van der Waals surface area contributed by atoms with Crippen molar-refractivity contribution in [1.82, 2.24) is 4.98 Å². The van der Waals surface area contributed by atoms with Crippen LogP contribution in [0.4, 0.5) is 5.82 Å². The van der Waals surface area contributed by atoms with Crippen LogP contribution in [0.1, 0.15) is 11.1 Å². The van der Waals surface area contributed by atoms with Gasteiger partial charge in [0, 0.05) is 17.6 Å². The Bertz CT molecular complexity index is 673. The minimum Gasteiger partial charge on any atom is -0.480 e. The molecule has 1 aromatic heterocycles. The second-order valence-electron chi connectivity index (χ2n) is 4.77. The summed E-state index contributed by atoms with van der Waals surface area (Å²) >= 11 is 5.93. The van der Waals surface area contributed by atoms with Crippen molar-refractivity contribution in [2.24, 2.45) is 0 Å². The van der Waals surface area contributed by atoms with E-state index in [1.165, 1.54) is 0 Å². The van der Waals surface area contributed by atoms with Crippen molar-refractivity contribution in [2.75, 3.05) is 5.32 Å². The van der Waals surface area contributed by atoms with E-state index < -0.39 is 6.10 Å². The van der Waals surface area contributed by atoms with Crippen molar-refractivity contribution in [1.29, 1.82) is 0 Å². The third-order valence-electron chi connectivity index (χ3n) is 3.16. The Kier molecular flexibility index (Phi) is 3.32. The third kappa shape index (κ3) is 2.60. The highest BCUT2D eigenvalue weighted by molar-refractivity contribution is 6.30. The zero-order valence-electron chi connectivity index (χ0n) is 10.9. The summed E-state index contributed by atoms with van der Waals surface area (Å²) in [5.41, 5.74) is 1.99. The molecule has 0 saturated carbocycles. The van der Waals surface area contributed by atoms with E-state index in [-0.39, 0.29) is 5.91 Å². The smallest absolute Gasteiger partial charge is 0.266 e. The highest BCUT2D eigenvalue weighted by Crippen LogP contribution is 2.31. The molecular formula is C15H13ClN2O2. The summed E-state index contributed by atoms with van der Waals surface area (Å²) in [6.45, 7) is 1.95. The van der Waals surface area contributed by atoms with Crippen LogP contribution in [0.3, 0.4) is 0 Å². The summed E-state index contributed by atoms with van der Waals surface area (Å²) in [6.07, 6.45) is 1.65. The highest BCUT2D eigenvalue weighted by atomic mass is 35.5. The quantitative estimate of drug-likeness (QED) is 0.924. The molecule has 0 fully saturated rings. The van der Waals surface area contributed by atoms with Crippen LogP contribution in [-0.2, 0) is 11.2 Å². The molecule has 1 aliphatic heterocycles. The molecule has 102 valence electrons. The van der Waals surface area contributed by atoms with Gasteiger partial charge in [0.1, 0.15) is 11.6 Å². The molecule has 1 aromatic carbocycles. The van der Waals surface area contributed by atoms with Crippen LogP contribution in [0, 0.1) is 6.92 Å². The number of hydrogen-bond donors (Lipinski definition) is 1. The van der Waals surface area contributed by atoms with Crippen molar-refractivity contribution in [2.45, 2.75) is 19.4 Å². The minimum absolute atomic E-state index is 0.199. The van der Waals surface area contributed by atoms with Crippen LogP contribution in [0.15, 0.2) is 36.5 Å². The molecule has 0 bridgehead atoms. The van der Waals surface area contributed by atoms with Crippen LogP contribution in [0.2, 0.25) is 5.02 Å². The van der Waals surface area contributed by atoms with Crippen molar-refractivity contribution in [3.05, 3.63) is 52.7 Å². The lowest BCUT2D eigenvalue weighted by Crippen LogP contribution is -2.31. The van der Waals surface area contributed by atoms with E-state index in [0.717, 1.165) is 11.1 Å². The molecule has 5 heteroatoms. The summed E-state index contributed by atoms with van der Waals surface area (Å²) in [5.74, 6) is 1.05. The van der Waals surface area contributed by atoms with E-state index in [4.69, 9.17) is 16.3 Å². The van der Waals surface area contributed by atoms with E-state index in [1.807, 2.05) is 25.1 Å². The number of hydrogen-bond acceptors (Lipinski definition) is 3. The van der Waals surface area contributed by atoms with E-state index in [0.29, 0.717) is 23.0 Å². The van der Waals surface area contributed by atoms with Crippen LogP contribution in [0.25, 0.3) is 0 Å². The number of rotatable bonds is 2. The first-order chi connectivity index (χ1) is 9.61. The maximum Gasteiger partial charge on any atom is 0.266 e. The first-order valence-electron chi connectivity index (χ1n) is 6.30. The van der Waals surface area contributed by atoms with Crippen molar-refractivity contribution < 1.29 is 9.53 Å². The number of aromatic nitrogens is 1. The molecule has 1 amide bonds. The second-order valence-corrected chi connectivity index (χ2v) is 5.21. The van der Waals surface area contributed by atoms with Crippen LogP contribution >= 0.6 is 11.6 Å². The van der Waals surface area contributed by atoms with Crippen molar-refractivity contribution in [3.8, 4) is 5.75 Å². The third-order valence-corrected chi connectivity index (χ3v) is 3.39. The molecule has 0 aliphatic carbocycles. The molecule has 0 radical (unpaired) electrons. The molecule has 2 aromatic rings. The fourth-order valence-electron chi connectivity index (χ4n) is 2.17. The van der Waals surface area contributed by atoms with E-state index >= 15 is 0 Å². The number of carbonyl (C=O) groups is 1. The predicted molar refractivity (Wildman–Crippen MR) is 77.2 cm³/mol. The maximum absolute atomic E-state index is 12.2. The summed E-state index contributed by atoms with van der Waals surface area (Å²) in [7, 11) is 0. The Morgan fingerprint density at radius 3 is 3.05 bits per heavy atom. The Morgan fingerprint density at radius 2 is 2.25 bits per heavy atom. The number of pyridine rings is 1. The van der Waals surface area contributed by atoms with Gasteiger partial charge in [-0.25, -0.2) is 4.98 Å². The van der Waals surface area contributed by atoms with Gasteiger partial charge >= 0.3 is 0 Å². The van der Waals surface area contributed by atoms with Gasteiger partial charge in [-0.3, -0.25) is 4.79 Å². The number of carbonyl (C=O) groups excluding carboxylic acids is 1. The molecule has 1 atom stereocenters. The normalized spacial score (nSPS) is 16.4. The number of anilines is 1. The van der Waals surface area contributed by atoms with Gasteiger partial charge in [-0.05, 0) is 48.4 Å². The fourth-order valence-corrected chi connectivity index (χ4v) is 2.37. The molecule has 0 saturated heterocycles. The Balaban J connectivity index is 1.71. The van der Waals surface area contributed by atoms with Crippen molar-refractivity contribution in [3.63, 3.8) is 0 Å². The summed E-state index contributed by atoms with van der Waals surface area (Å²) < 4.78 is 5.63. The number of ether oxygens (including phenoxy) is 1. The Hall–Kier alpha value is -2.07. The maximum atomic E-state index is 12.2. The summed E-state index contributed by atoms with van der Waals surface area (Å²) in [5, 5.41) is 3.41. The number of amides is 1. The minimum atomic E-state index is -0.536. The van der Waals surface area contributed by atoms with Gasteiger partial charge in [0.05, 0.1) is 0 Å². The van der Waals surface area contributed by atoms with Gasteiger partial charge in [-0.15, -0.1) is 0 Å². The highest BCUT2D eigenvalue weighted by Gasteiger charge is 2.29. The predicted octanol–water partition coefficient (Wildman–Crippen LogP) is 2.99. The average molecular weight is 289 g/mol. The number of aryl methyl sites for hydroxylation is 1. The molecule has 2 heterocycles. The number of fused-ring (bicyclic) bond motifs is 1. The molecule has 1 aliphatic rings. The van der Waals surface area contributed by atoms with Crippen LogP contribution in [-0.4, -0.2) is 17.0 Å². The van der Waals surface area contributed by atoms with Gasteiger partial charge < -0.3 is 10.1 Å². The first-order valence-corrected chi connectivity index (χ1v) is 6.68. The van der Waals surface area contributed by atoms with E-state index in [9.17, 15) is 4.79 Å². The monoisotopic (exact) mass is 288 g/mol. The van der Waals surface area contributed by atoms with E-state index in [1.54, 1.807) is 18.3 Å². The number of nitrogens with one attached hydrogen (secondary N) is 1. The summed E-state index contributed by atoms with van der Waals surface area (Å²) in [6, 6.07) is 9.06. The van der Waals surface area contributed by atoms with Crippen LogP contribution < -0.4 is 10.1 Å². The lowest BCUT2D eigenvalue weighted by molar-refractivity contribution is -0.122. The number of halogens is 1. The molecule has 0 spiro atoms. The standard InChI is InChI=1S/C15H13ClN2O2/c1-9-4-5-17-14(6-9)18-15(19)13-8-10-7-11(16)2-3-12(10)20-13/h2-7,13H,8H2,1H3,(H,17,18,19)/t13-/m1/s1. The molecule has 0 unspecified atom stereocenters. The summed E-state index contributed by atoms with van der Waals surface area (Å²) in [4.78, 5) is 16.3. The van der Waals surface area contributed by atoms with Gasteiger partial charge in [-0.2, -0.15) is 0 Å². The van der Waals surface area contributed by atoms with Gasteiger partial charge in [0.2, 0.25) is 0 Å². The molecule has 20 heavy (non-hydrogen) atoms. The number of nitrogens with zero attached hydrogens (tertiary/aromatic N) is 1. The molecule has 3 rings (SSSR count). The second kappa shape index (κ2) is 5.13. The largest absolute Gasteiger partial charge is 0.480 e. The SMILES string of the molecule is Cc1ccnc(NC(=O)[C@H]2Cc3cc(Cl)ccc3O2)c1. The fraction of sp³-hybridized carbons (Fsp3) is 0.200.